The second-order valence-electron chi connectivity index (χ2n) is 5.44. The van der Waals surface area contributed by atoms with Crippen LogP contribution in [-0.4, -0.2) is 126 Å². The second kappa shape index (κ2) is 9.28. The molecule has 144 valence electrons. The first-order valence-electron chi connectivity index (χ1n) is 7.12. The molecule has 0 aromatic heterocycles. The zero-order valence-electron chi connectivity index (χ0n) is 12.5. The van der Waals surface area contributed by atoms with Crippen molar-refractivity contribution >= 4 is 0 Å². The molecule has 1 aliphatic rings. The third kappa shape index (κ3) is 4.78. The van der Waals surface area contributed by atoms with Crippen molar-refractivity contribution in [2.45, 2.75) is 61.4 Å². The molecule has 1 aliphatic heterocycles. The van der Waals surface area contributed by atoms with Crippen molar-refractivity contribution in [3.05, 3.63) is 0 Å². The van der Waals surface area contributed by atoms with Gasteiger partial charge in [-0.3, -0.25) is 0 Å². The van der Waals surface area contributed by atoms with Crippen molar-refractivity contribution in [1.29, 1.82) is 0 Å². The van der Waals surface area contributed by atoms with Gasteiger partial charge in [-0.2, -0.15) is 0 Å². The lowest BCUT2D eigenvalue weighted by molar-refractivity contribution is -0.325. The molecule has 12 nitrogen and oxygen atoms in total. The van der Waals surface area contributed by atoms with Crippen LogP contribution in [0.25, 0.3) is 0 Å². The van der Waals surface area contributed by atoms with Crippen LogP contribution in [0.5, 0.6) is 0 Å². The van der Waals surface area contributed by atoms with Crippen LogP contribution < -0.4 is 0 Å². The average molecular weight is 360 g/mol. The first kappa shape index (κ1) is 21.6. The minimum absolute atomic E-state index is 0.775. The van der Waals surface area contributed by atoms with Gasteiger partial charge in [0.05, 0.1) is 13.2 Å². The molecule has 0 aromatic carbocycles. The van der Waals surface area contributed by atoms with Gasteiger partial charge < -0.3 is 60.5 Å². The van der Waals surface area contributed by atoms with Crippen LogP contribution in [0, 0.1) is 0 Å². The van der Waals surface area contributed by atoms with Crippen LogP contribution in [0.2, 0.25) is 0 Å². The Morgan fingerprint density at radius 3 is 1.92 bits per heavy atom. The molecule has 5 unspecified atom stereocenters. The zero-order valence-corrected chi connectivity index (χ0v) is 12.5. The maximum atomic E-state index is 9.81. The number of hydrogen-bond donors (Lipinski definition) is 10. The Morgan fingerprint density at radius 1 is 0.833 bits per heavy atom. The highest BCUT2D eigenvalue weighted by Crippen LogP contribution is 2.24. The van der Waals surface area contributed by atoms with Crippen molar-refractivity contribution in [2.75, 3.05) is 13.2 Å². The molecular weight excluding hydrogens is 336 g/mol. The van der Waals surface area contributed by atoms with Crippen molar-refractivity contribution in [2.24, 2.45) is 0 Å². The molecule has 0 amide bonds. The minimum Gasteiger partial charge on any atom is -0.394 e. The van der Waals surface area contributed by atoms with Gasteiger partial charge in [-0.25, -0.2) is 0 Å². The number of aliphatic hydroxyl groups is 10. The van der Waals surface area contributed by atoms with E-state index in [0.29, 0.717) is 0 Å². The van der Waals surface area contributed by atoms with E-state index >= 15 is 0 Å². The van der Waals surface area contributed by atoms with Crippen molar-refractivity contribution in [3.63, 3.8) is 0 Å². The zero-order chi connectivity index (χ0) is 18.6. The average Bonchev–Trinajstić information content (AvgIpc) is 2.58. The maximum absolute atomic E-state index is 9.81. The van der Waals surface area contributed by atoms with E-state index in [4.69, 9.17) is 19.7 Å². The van der Waals surface area contributed by atoms with Gasteiger partial charge in [0.25, 0.3) is 0 Å². The Hall–Kier alpha value is -0.480. The van der Waals surface area contributed by atoms with E-state index in [-0.39, 0.29) is 0 Å². The number of aliphatic hydroxyl groups excluding tert-OH is 10. The van der Waals surface area contributed by atoms with E-state index in [0.717, 1.165) is 0 Å². The summed E-state index contributed by atoms with van der Waals surface area (Å²) in [7, 11) is 0. The molecule has 0 aliphatic carbocycles. The third-order valence-electron chi connectivity index (χ3n) is 3.71. The molecular formula is C12H24O12. The second-order valence-corrected chi connectivity index (χ2v) is 5.44. The molecule has 0 saturated carbocycles. The summed E-state index contributed by atoms with van der Waals surface area (Å²) in [6, 6.07) is 0. The number of ether oxygens (including phenoxy) is 2. The van der Waals surface area contributed by atoms with Gasteiger partial charge in [0.1, 0.15) is 48.8 Å². The maximum Gasteiger partial charge on any atom is 0.184 e. The smallest absolute Gasteiger partial charge is 0.184 e. The van der Waals surface area contributed by atoms with Crippen LogP contribution >= 0.6 is 0 Å². The SMILES string of the molecule is OCC(O)C(O)C(O)C(O)C(O)O[C@H]1[C@H](O)[C@@H](O)[C@H](O)O[C@@H]1CO. The van der Waals surface area contributed by atoms with Crippen LogP contribution in [0.4, 0.5) is 0 Å². The Labute approximate surface area is 136 Å². The van der Waals surface area contributed by atoms with Crippen LogP contribution in [0.15, 0.2) is 0 Å². The Kier molecular flexibility index (Phi) is 8.34. The Balaban J connectivity index is 2.75. The predicted octanol–water partition coefficient (Wildman–Crippen LogP) is -6.44. The standard InChI is InChI=1S/C12H24O12/c13-1-3(15)5(16)6(17)8(19)12(22)24-10-4(2-14)23-11(21)9(20)7(10)18/h3-22H,1-2H2/t3?,4-,5?,6?,7-,8?,9-,10-,11-,12?/m1/s1. The largest absolute Gasteiger partial charge is 0.394 e. The third-order valence-corrected chi connectivity index (χ3v) is 3.71. The highest BCUT2D eigenvalue weighted by Gasteiger charge is 2.46. The summed E-state index contributed by atoms with van der Waals surface area (Å²) < 4.78 is 9.62. The summed E-state index contributed by atoms with van der Waals surface area (Å²) in [6.07, 6.45) is -18.8. The first-order chi connectivity index (χ1) is 11.1. The summed E-state index contributed by atoms with van der Waals surface area (Å²) >= 11 is 0. The van der Waals surface area contributed by atoms with Crippen LogP contribution in [-0.2, 0) is 9.47 Å². The van der Waals surface area contributed by atoms with Crippen molar-refractivity contribution in [1.82, 2.24) is 0 Å². The fraction of sp³-hybridized carbons (Fsp3) is 1.00. The van der Waals surface area contributed by atoms with Gasteiger partial charge in [-0.15, -0.1) is 0 Å². The van der Waals surface area contributed by atoms with E-state index in [1.54, 1.807) is 0 Å². The Bertz CT molecular complexity index is 368. The first-order valence-corrected chi connectivity index (χ1v) is 7.12. The molecule has 1 fully saturated rings. The van der Waals surface area contributed by atoms with Gasteiger partial charge in [0, 0.05) is 0 Å². The molecule has 12 heteroatoms. The number of rotatable bonds is 8. The molecule has 1 heterocycles. The number of hydrogen-bond acceptors (Lipinski definition) is 12. The van der Waals surface area contributed by atoms with Gasteiger partial charge in [-0.1, -0.05) is 0 Å². The molecule has 1 saturated heterocycles. The lowest BCUT2D eigenvalue weighted by Crippen LogP contribution is -2.61. The summed E-state index contributed by atoms with van der Waals surface area (Å²) in [5.74, 6) is 0. The molecule has 0 radical (unpaired) electrons. The van der Waals surface area contributed by atoms with E-state index in [1.165, 1.54) is 0 Å². The van der Waals surface area contributed by atoms with E-state index in [2.05, 4.69) is 0 Å². The van der Waals surface area contributed by atoms with Gasteiger partial charge >= 0.3 is 0 Å². The van der Waals surface area contributed by atoms with Gasteiger partial charge in [0.15, 0.2) is 12.6 Å². The van der Waals surface area contributed by atoms with E-state index < -0.39 is 74.6 Å². The molecule has 0 spiro atoms. The van der Waals surface area contributed by atoms with Gasteiger partial charge in [0.2, 0.25) is 0 Å². The summed E-state index contributed by atoms with van der Waals surface area (Å²) in [4.78, 5) is 0. The highest BCUT2D eigenvalue weighted by molar-refractivity contribution is 4.91. The van der Waals surface area contributed by atoms with Crippen molar-refractivity contribution in [3.8, 4) is 0 Å². The van der Waals surface area contributed by atoms with E-state index in [9.17, 15) is 40.9 Å². The lowest BCUT2D eigenvalue weighted by Gasteiger charge is -2.41. The molecule has 10 N–H and O–H groups in total. The summed E-state index contributed by atoms with van der Waals surface area (Å²) in [5.41, 5.74) is 0. The molecule has 1 rings (SSSR count). The monoisotopic (exact) mass is 360 g/mol. The predicted molar refractivity (Wildman–Crippen MR) is 72.0 cm³/mol. The summed E-state index contributed by atoms with van der Waals surface area (Å²) in [6.45, 7) is -1.70. The molecule has 0 bridgehead atoms. The quantitative estimate of drug-likeness (QED) is 0.183. The summed E-state index contributed by atoms with van der Waals surface area (Å²) in [5, 5.41) is 94.2. The fourth-order valence-corrected chi connectivity index (χ4v) is 2.18. The topological polar surface area (TPSA) is 221 Å². The van der Waals surface area contributed by atoms with E-state index in [1.807, 2.05) is 0 Å². The van der Waals surface area contributed by atoms with Crippen LogP contribution in [0.3, 0.4) is 0 Å². The highest BCUT2D eigenvalue weighted by atomic mass is 16.7. The fourth-order valence-electron chi connectivity index (χ4n) is 2.18. The molecule has 24 heavy (non-hydrogen) atoms. The Morgan fingerprint density at radius 2 is 1.42 bits per heavy atom. The lowest BCUT2D eigenvalue weighted by atomic mass is 9.98. The van der Waals surface area contributed by atoms with Crippen molar-refractivity contribution < 1.29 is 60.5 Å². The van der Waals surface area contributed by atoms with Crippen LogP contribution in [0.1, 0.15) is 0 Å². The molecule has 10 atom stereocenters. The van der Waals surface area contributed by atoms with Gasteiger partial charge in [-0.05, 0) is 0 Å². The molecule has 0 aromatic rings. The normalized spacial score (nSPS) is 37.5. The minimum atomic E-state index is -2.24.